The molecule has 0 radical (unpaired) electrons. The van der Waals surface area contributed by atoms with Gasteiger partial charge < -0.3 is 45.8 Å². The molecule has 3 aromatic carbocycles. The van der Waals surface area contributed by atoms with E-state index in [2.05, 4.69) is 50.9 Å². The Bertz CT molecular complexity index is 5090. The highest BCUT2D eigenvalue weighted by Gasteiger charge is 2.48. The van der Waals surface area contributed by atoms with Crippen molar-refractivity contribution in [3.8, 4) is 69.0 Å². The molecular weight excluding hydrogens is 1380 g/mol. The molecule has 0 saturated carbocycles. The zero-order valence-corrected chi connectivity index (χ0v) is 58.7. The van der Waals surface area contributed by atoms with Gasteiger partial charge in [-0.3, -0.25) is 28.8 Å². The number of likely N-dealkylation sites (tertiary alicyclic amines) is 2. The van der Waals surface area contributed by atoms with Crippen LogP contribution in [0.1, 0.15) is 129 Å². The number of piperidine rings is 2. The van der Waals surface area contributed by atoms with Gasteiger partial charge in [0.2, 0.25) is 17.7 Å². The normalized spacial score (nSPS) is 19.6. The number of nitrogens with one attached hydrogen (secondary N) is 4. The van der Waals surface area contributed by atoms with Crippen LogP contribution in [0, 0.1) is 68.7 Å². The molecule has 27 nitrogen and oxygen atoms in total. The SMILES string of the molecule is N#Cc1cccc(F)c1-c1cc(-n2ccc(N3CCC[C@@H](C(=O)N4CCCC4)C3)n2)c2c(n1)CNC2=O.N#Cc1cccc(F)c1-c1cc(-n2ccc(N3CCC[C@H](C(=O)N4CCCC4)C3)n2)c2c(n1)CNC2=O.N#Cc1cccc(F)c1-c1cc(-n2ccc(N3CC[C@@]4(CCNC4=O)C3)n2)c2c(n1)CNC2=O. The summed E-state index contributed by atoms with van der Waals surface area (Å²) >= 11 is 0. The van der Waals surface area contributed by atoms with Gasteiger partial charge in [-0.25, -0.2) is 42.2 Å². The molecule has 6 aromatic heterocycles. The van der Waals surface area contributed by atoms with Crippen molar-refractivity contribution in [2.75, 3.05) is 86.7 Å². The van der Waals surface area contributed by atoms with E-state index in [9.17, 15) is 57.7 Å². The first-order chi connectivity index (χ1) is 52.5. The Morgan fingerprint density at radius 1 is 0.444 bits per heavy atom. The Labute approximate surface area is 617 Å². The summed E-state index contributed by atoms with van der Waals surface area (Å²) in [4.78, 5) is 100. The van der Waals surface area contributed by atoms with Crippen LogP contribution < -0.4 is 36.0 Å². The summed E-state index contributed by atoms with van der Waals surface area (Å²) in [6.45, 7) is 8.82. The fourth-order valence-electron chi connectivity index (χ4n) is 16.4. The Morgan fingerprint density at radius 2 is 0.815 bits per heavy atom. The fraction of sp³-hybridized carbons (Fsp3) is 0.346. The highest BCUT2D eigenvalue weighted by molar-refractivity contribution is 6.03. The zero-order chi connectivity index (χ0) is 74.5. The van der Waals surface area contributed by atoms with Gasteiger partial charge in [0.05, 0.1) is 156 Å². The molecule has 546 valence electrons. The summed E-state index contributed by atoms with van der Waals surface area (Å²) in [5, 5.41) is 54.0. The monoisotopic (exact) mass is 1460 g/mol. The molecule has 108 heavy (non-hydrogen) atoms. The number of nitrogens with zero attached hydrogens (tertiary/aromatic N) is 17. The lowest BCUT2D eigenvalue weighted by Gasteiger charge is -2.34. The van der Waals surface area contributed by atoms with Crippen LogP contribution in [-0.2, 0) is 34.0 Å². The molecule has 6 amide bonds. The van der Waals surface area contributed by atoms with E-state index in [1.165, 1.54) is 42.5 Å². The highest BCUT2D eigenvalue weighted by atomic mass is 19.1. The number of rotatable bonds is 11. The minimum Gasteiger partial charge on any atom is -0.356 e. The topological polar surface area (TPSA) is 330 Å². The molecule has 9 aliphatic heterocycles. The number of benzene rings is 3. The molecule has 9 aliphatic rings. The first-order valence-corrected chi connectivity index (χ1v) is 36.4. The van der Waals surface area contributed by atoms with Crippen LogP contribution >= 0.6 is 0 Å². The Hall–Kier alpha value is -12.8. The molecule has 0 unspecified atom stereocenters. The van der Waals surface area contributed by atoms with Crippen LogP contribution in [0.4, 0.5) is 30.6 Å². The minimum absolute atomic E-state index is 0.0509. The van der Waals surface area contributed by atoms with Crippen LogP contribution in [-0.4, -0.2) is 162 Å². The fourth-order valence-corrected chi connectivity index (χ4v) is 16.4. The third kappa shape index (κ3) is 13.0. The van der Waals surface area contributed by atoms with Crippen molar-refractivity contribution < 1.29 is 41.9 Å². The number of aromatic nitrogens is 9. The van der Waals surface area contributed by atoms with Crippen LogP contribution in [0.15, 0.2) is 110 Å². The summed E-state index contributed by atoms with van der Waals surface area (Å²) < 4.78 is 49.1. The number of pyridine rings is 3. The van der Waals surface area contributed by atoms with E-state index in [0.29, 0.717) is 101 Å². The van der Waals surface area contributed by atoms with Crippen molar-refractivity contribution in [3.63, 3.8) is 0 Å². The smallest absolute Gasteiger partial charge is 0.255 e. The van der Waals surface area contributed by atoms with Gasteiger partial charge in [-0.15, -0.1) is 0 Å². The van der Waals surface area contributed by atoms with Crippen molar-refractivity contribution in [3.05, 3.63) is 178 Å². The quantitative estimate of drug-likeness (QED) is 0.0953. The second-order valence-electron chi connectivity index (χ2n) is 28.4. The highest BCUT2D eigenvalue weighted by Crippen LogP contribution is 2.41. The number of anilines is 3. The van der Waals surface area contributed by atoms with Crippen LogP contribution in [0.5, 0.6) is 0 Å². The number of hydrogen-bond donors (Lipinski definition) is 4. The number of fused-ring (bicyclic) bond motifs is 3. The molecule has 1 spiro atoms. The molecule has 18 rings (SSSR count). The van der Waals surface area contributed by atoms with Crippen molar-refractivity contribution in [1.82, 2.24) is 75.4 Å². The van der Waals surface area contributed by atoms with E-state index in [4.69, 9.17) is 15.3 Å². The molecule has 6 fully saturated rings. The number of carbonyl (C=O) groups is 6. The van der Waals surface area contributed by atoms with Gasteiger partial charge >= 0.3 is 0 Å². The number of halogens is 3. The summed E-state index contributed by atoms with van der Waals surface area (Å²) in [6.07, 6.45) is 14.7. The molecule has 30 heteroatoms. The zero-order valence-electron chi connectivity index (χ0n) is 58.7. The number of hydrogen-bond acceptors (Lipinski definition) is 18. The summed E-state index contributed by atoms with van der Waals surface area (Å²) in [6, 6.07) is 29.4. The third-order valence-corrected chi connectivity index (χ3v) is 21.9. The lowest BCUT2D eigenvalue weighted by atomic mass is 9.86. The van der Waals surface area contributed by atoms with Gasteiger partial charge in [-0.2, -0.15) is 31.1 Å². The molecule has 4 N–H and O–H groups in total. The third-order valence-electron chi connectivity index (χ3n) is 21.9. The van der Waals surface area contributed by atoms with Gasteiger partial charge in [0.1, 0.15) is 17.5 Å². The van der Waals surface area contributed by atoms with Gasteiger partial charge in [-0.05, 0) is 119 Å². The average molecular weight is 1460 g/mol. The van der Waals surface area contributed by atoms with E-state index >= 15 is 0 Å². The van der Waals surface area contributed by atoms with Crippen molar-refractivity contribution in [2.45, 2.75) is 83.8 Å². The van der Waals surface area contributed by atoms with E-state index < -0.39 is 17.5 Å². The molecule has 3 atom stereocenters. The number of nitriles is 3. The van der Waals surface area contributed by atoms with Crippen molar-refractivity contribution in [1.29, 1.82) is 15.8 Å². The Balaban J connectivity index is 0.000000124. The van der Waals surface area contributed by atoms with E-state index in [1.54, 1.807) is 63.0 Å². The first kappa shape index (κ1) is 69.6. The van der Waals surface area contributed by atoms with Crippen LogP contribution in [0.3, 0.4) is 0 Å². The van der Waals surface area contributed by atoms with Crippen LogP contribution in [0.25, 0.3) is 50.8 Å². The molecule has 9 aromatic rings. The molecule has 0 aliphatic carbocycles. The van der Waals surface area contributed by atoms with E-state index in [0.717, 1.165) is 103 Å². The molecule has 6 saturated heterocycles. The maximum atomic E-state index is 14.8. The van der Waals surface area contributed by atoms with Crippen LogP contribution in [0.2, 0.25) is 0 Å². The van der Waals surface area contributed by atoms with Gasteiger partial charge in [-0.1, -0.05) is 18.2 Å². The lowest BCUT2D eigenvalue weighted by Crippen LogP contribution is -2.44. The summed E-state index contributed by atoms with van der Waals surface area (Å²) in [7, 11) is 0. The molecule has 0 bridgehead atoms. The Kier molecular flexibility index (Phi) is 18.6. The lowest BCUT2D eigenvalue weighted by molar-refractivity contribution is -0.135. The van der Waals surface area contributed by atoms with Gasteiger partial charge in [0.25, 0.3) is 17.7 Å². The Morgan fingerprint density at radius 3 is 1.17 bits per heavy atom. The van der Waals surface area contributed by atoms with Crippen molar-refractivity contribution in [2.24, 2.45) is 17.3 Å². The second kappa shape index (κ2) is 28.9. The number of amides is 6. The molecule has 15 heterocycles. The van der Waals surface area contributed by atoms with Crippen molar-refractivity contribution >= 4 is 52.9 Å². The standard InChI is InChI=1S/2C27H26FN7O2.C24H20FN7O2/c2*28-19-7-3-5-17(14-29)24(19)20-13-22(25-21(31-20)15-30-26(25)36)35-12-8-23(32-35)34-11-4-6-18(16-34)27(37)33-9-1-2-10-33;25-15-3-1-2-14(11-26)20(15)16-10-18(21-17(29-16)12-28-22(21)33)32-8-4-19(30-32)31-9-6-24(13-31)5-7-27-23(24)34/h2*3,5,7-8,12-13,18H,1-2,4,6,9-11,15-16H2,(H,30,36);1-4,8,10H,5-7,9,12-13H2,(H,27,34)(H,28,33)/t2*18-;24-/m100/s1. The average Bonchev–Trinajstić information content (AvgIpc) is 1.55. The maximum Gasteiger partial charge on any atom is 0.255 e. The second-order valence-corrected chi connectivity index (χ2v) is 28.4. The minimum atomic E-state index is -0.562. The largest absolute Gasteiger partial charge is 0.356 e. The van der Waals surface area contributed by atoms with E-state index in [1.807, 2.05) is 46.2 Å². The number of carbonyl (C=O) groups excluding carboxylic acids is 6. The first-order valence-electron chi connectivity index (χ1n) is 36.4. The predicted molar refractivity (Wildman–Crippen MR) is 386 cm³/mol. The summed E-state index contributed by atoms with van der Waals surface area (Å²) in [5.41, 5.74) is 5.19. The predicted octanol–water partition coefficient (Wildman–Crippen LogP) is 7.96. The van der Waals surface area contributed by atoms with Gasteiger partial charge in [0.15, 0.2) is 17.5 Å². The maximum absolute atomic E-state index is 14.8. The van der Waals surface area contributed by atoms with Gasteiger partial charge in [0, 0.05) is 109 Å². The van der Waals surface area contributed by atoms with E-state index in [-0.39, 0.29) is 123 Å². The summed E-state index contributed by atoms with van der Waals surface area (Å²) in [5.74, 6) is 0.0828. The molecular formula is C78H72F3N21O6.